The molecule has 0 aliphatic heterocycles. The first kappa shape index (κ1) is 15.0. The van der Waals surface area contributed by atoms with Gasteiger partial charge in [0.1, 0.15) is 6.10 Å². The predicted octanol–water partition coefficient (Wildman–Crippen LogP) is 4.26. The third-order valence-electron chi connectivity index (χ3n) is 3.16. The minimum absolute atomic E-state index is 0.241. The predicted molar refractivity (Wildman–Crippen MR) is 82.0 cm³/mol. The summed E-state index contributed by atoms with van der Waals surface area (Å²) in [7, 11) is 0. The van der Waals surface area contributed by atoms with Crippen LogP contribution in [0.3, 0.4) is 0 Å². The van der Waals surface area contributed by atoms with Crippen LogP contribution in [0.15, 0.2) is 37.2 Å². The van der Waals surface area contributed by atoms with Crippen molar-refractivity contribution in [3.05, 3.63) is 64.2 Å². The minimum atomic E-state index is -0.824. The molecule has 0 saturated heterocycles. The molecule has 5 heteroatoms. The summed E-state index contributed by atoms with van der Waals surface area (Å²) in [5, 5.41) is 11.6. The van der Waals surface area contributed by atoms with E-state index < -0.39 is 6.10 Å². The van der Waals surface area contributed by atoms with Gasteiger partial charge in [-0.25, -0.2) is 0 Å². The van der Waals surface area contributed by atoms with Crippen LogP contribution in [-0.4, -0.2) is 15.1 Å². The maximum Gasteiger partial charge on any atom is 0.105 e. The first-order chi connectivity index (χ1) is 9.54. The molecule has 104 valence electrons. The molecule has 0 spiro atoms. The number of hydrogen-bond acceptors (Lipinski definition) is 3. The molecule has 0 fully saturated rings. The highest BCUT2D eigenvalue weighted by molar-refractivity contribution is 6.35. The van der Waals surface area contributed by atoms with Crippen LogP contribution >= 0.6 is 23.2 Å². The largest absolute Gasteiger partial charge is 0.386 e. The second-order valence-electron chi connectivity index (χ2n) is 4.43. The van der Waals surface area contributed by atoms with Crippen LogP contribution in [0.2, 0.25) is 10.0 Å². The first-order valence-corrected chi connectivity index (χ1v) is 6.86. The fourth-order valence-corrected chi connectivity index (χ4v) is 2.60. The zero-order valence-corrected chi connectivity index (χ0v) is 12.4. The number of halogens is 2. The number of nitrogens with zero attached hydrogens (tertiary/aromatic N) is 2. The van der Waals surface area contributed by atoms with Crippen LogP contribution < -0.4 is 0 Å². The Balaban J connectivity index is 2.37. The van der Waals surface area contributed by atoms with E-state index in [-0.39, 0.29) is 5.92 Å². The van der Waals surface area contributed by atoms with E-state index in [4.69, 9.17) is 23.2 Å². The summed E-state index contributed by atoms with van der Waals surface area (Å²) in [6.45, 7) is 5.55. The molecule has 1 heterocycles. The van der Waals surface area contributed by atoms with E-state index >= 15 is 0 Å². The highest BCUT2D eigenvalue weighted by atomic mass is 35.5. The van der Waals surface area contributed by atoms with Crippen LogP contribution in [0.25, 0.3) is 6.08 Å². The standard InChI is InChI=1S/C15H14Cl2N2O/c1-3-13-14(19-7-6-18-13)15(20)9(2)11-5-4-10(16)8-12(11)17/h3-9,15,20H,1H2,2H3. The molecule has 20 heavy (non-hydrogen) atoms. The maximum absolute atomic E-state index is 10.5. The van der Waals surface area contributed by atoms with Gasteiger partial charge < -0.3 is 5.11 Å². The quantitative estimate of drug-likeness (QED) is 0.917. The van der Waals surface area contributed by atoms with Gasteiger partial charge in [-0.05, 0) is 23.8 Å². The third kappa shape index (κ3) is 3.01. The molecular formula is C15H14Cl2N2O. The fourth-order valence-electron chi connectivity index (χ4n) is 2.02. The average molecular weight is 309 g/mol. The van der Waals surface area contributed by atoms with Crippen molar-refractivity contribution in [1.29, 1.82) is 0 Å². The lowest BCUT2D eigenvalue weighted by molar-refractivity contribution is 0.146. The number of aromatic nitrogens is 2. The Hall–Kier alpha value is -1.42. The second-order valence-corrected chi connectivity index (χ2v) is 5.27. The van der Waals surface area contributed by atoms with E-state index in [0.717, 1.165) is 5.56 Å². The lowest BCUT2D eigenvalue weighted by Crippen LogP contribution is -2.12. The SMILES string of the molecule is C=Cc1nccnc1C(O)C(C)c1ccc(Cl)cc1Cl. The number of aliphatic hydroxyl groups excluding tert-OH is 1. The lowest BCUT2D eigenvalue weighted by atomic mass is 9.92. The summed E-state index contributed by atoms with van der Waals surface area (Å²) in [5.41, 5.74) is 1.86. The van der Waals surface area contributed by atoms with Crippen LogP contribution in [0, 0.1) is 0 Å². The van der Waals surface area contributed by atoms with Crippen LogP contribution in [0.1, 0.15) is 35.9 Å². The van der Waals surface area contributed by atoms with Gasteiger partial charge in [0.15, 0.2) is 0 Å². The Bertz CT molecular complexity index is 631. The van der Waals surface area contributed by atoms with Gasteiger partial charge in [-0.1, -0.05) is 42.8 Å². The summed E-state index contributed by atoms with van der Waals surface area (Å²) < 4.78 is 0. The molecule has 0 saturated carbocycles. The van der Waals surface area contributed by atoms with E-state index in [9.17, 15) is 5.11 Å². The van der Waals surface area contributed by atoms with E-state index in [0.29, 0.717) is 21.4 Å². The normalized spacial score (nSPS) is 13.8. The Morgan fingerprint density at radius 2 is 1.95 bits per heavy atom. The van der Waals surface area contributed by atoms with E-state index in [1.165, 1.54) is 0 Å². The van der Waals surface area contributed by atoms with E-state index in [2.05, 4.69) is 16.5 Å². The molecule has 3 nitrogen and oxygen atoms in total. The summed E-state index contributed by atoms with van der Waals surface area (Å²) in [6.07, 6.45) is 3.85. The third-order valence-corrected chi connectivity index (χ3v) is 3.72. The molecule has 1 N–H and O–H groups in total. The molecule has 0 bridgehead atoms. The van der Waals surface area contributed by atoms with Gasteiger partial charge in [0.05, 0.1) is 11.4 Å². The Morgan fingerprint density at radius 1 is 1.25 bits per heavy atom. The first-order valence-electron chi connectivity index (χ1n) is 6.11. The van der Waals surface area contributed by atoms with Gasteiger partial charge in [0.2, 0.25) is 0 Å². The molecular weight excluding hydrogens is 295 g/mol. The number of rotatable bonds is 4. The minimum Gasteiger partial charge on any atom is -0.386 e. The van der Waals surface area contributed by atoms with Crippen molar-refractivity contribution in [3.63, 3.8) is 0 Å². The van der Waals surface area contributed by atoms with Crippen molar-refractivity contribution < 1.29 is 5.11 Å². The van der Waals surface area contributed by atoms with E-state index in [1.807, 2.05) is 13.0 Å². The molecule has 2 unspecified atom stereocenters. The van der Waals surface area contributed by atoms with Gasteiger partial charge in [0.25, 0.3) is 0 Å². The highest BCUT2D eigenvalue weighted by Gasteiger charge is 2.23. The van der Waals surface area contributed by atoms with Gasteiger partial charge in [-0.15, -0.1) is 0 Å². The van der Waals surface area contributed by atoms with Crippen molar-refractivity contribution in [3.8, 4) is 0 Å². The Kier molecular flexibility index (Phi) is 4.76. The molecule has 2 aromatic rings. The molecule has 0 amide bonds. The topological polar surface area (TPSA) is 46.0 Å². The number of aliphatic hydroxyl groups is 1. The highest BCUT2D eigenvalue weighted by Crippen LogP contribution is 2.35. The van der Waals surface area contributed by atoms with Gasteiger partial charge in [-0.3, -0.25) is 9.97 Å². The lowest BCUT2D eigenvalue weighted by Gasteiger charge is -2.21. The number of hydrogen-bond donors (Lipinski definition) is 1. The maximum atomic E-state index is 10.5. The van der Waals surface area contributed by atoms with Crippen molar-refractivity contribution in [2.45, 2.75) is 18.9 Å². The molecule has 2 rings (SSSR count). The molecule has 1 aromatic heterocycles. The van der Waals surface area contributed by atoms with E-state index in [1.54, 1.807) is 30.6 Å². The average Bonchev–Trinajstić information content (AvgIpc) is 2.45. The Morgan fingerprint density at radius 3 is 2.60 bits per heavy atom. The molecule has 1 aromatic carbocycles. The van der Waals surface area contributed by atoms with Crippen molar-refractivity contribution in [2.24, 2.45) is 0 Å². The zero-order valence-electron chi connectivity index (χ0n) is 10.9. The van der Waals surface area contributed by atoms with Gasteiger partial charge >= 0.3 is 0 Å². The van der Waals surface area contributed by atoms with Crippen molar-refractivity contribution in [2.75, 3.05) is 0 Å². The monoisotopic (exact) mass is 308 g/mol. The van der Waals surface area contributed by atoms with Crippen molar-refractivity contribution in [1.82, 2.24) is 9.97 Å². The van der Waals surface area contributed by atoms with Crippen LogP contribution in [0.4, 0.5) is 0 Å². The molecule has 0 aliphatic rings. The summed E-state index contributed by atoms with van der Waals surface area (Å²) in [5.74, 6) is -0.241. The fraction of sp³-hybridized carbons (Fsp3) is 0.200. The van der Waals surface area contributed by atoms with Crippen LogP contribution in [0.5, 0.6) is 0 Å². The molecule has 0 radical (unpaired) electrons. The summed E-state index contributed by atoms with van der Waals surface area (Å²) in [4.78, 5) is 8.33. The zero-order chi connectivity index (χ0) is 14.7. The van der Waals surface area contributed by atoms with Crippen LogP contribution in [-0.2, 0) is 0 Å². The van der Waals surface area contributed by atoms with Gasteiger partial charge in [0, 0.05) is 28.4 Å². The molecule has 2 atom stereocenters. The second kappa shape index (κ2) is 6.35. The smallest absolute Gasteiger partial charge is 0.105 e. The van der Waals surface area contributed by atoms with Gasteiger partial charge in [-0.2, -0.15) is 0 Å². The summed E-state index contributed by atoms with van der Waals surface area (Å²) in [6, 6.07) is 5.21. The van der Waals surface area contributed by atoms with Crippen molar-refractivity contribution >= 4 is 29.3 Å². The Labute approximate surface area is 127 Å². The number of benzene rings is 1. The summed E-state index contributed by atoms with van der Waals surface area (Å²) >= 11 is 12.1. The molecule has 0 aliphatic carbocycles.